The van der Waals surface area contributed by atoms with Gasteiger partial charge >= 0.3 is 0 Å². The van der Waals surface area contributed by atoms with Crippen LogP contribution < -0.4 is 5.32 Å². The highest BCUT2D eigenvalue weighted by Crippen LogP contribution is 2.19. The highest BCUT2D eigenvalue weighted by atomic mass is 32.2. The molecule has 0 aliphatic carbocycles. The summed E-state index contributed by atoms with van der Waals surface area (Å²) < 4.78 is 5.08. The van der Waals surface area contributed by atoms with Crippen LogP contribution in [0.25, 0.3) is 0 Å². The van der Waals surface area contributed by atoms with Gasteiger partial charge in [0.05, 0.1) is 0 Å². The molecule has 0 aliphatic rings. The van der Waals surface area contributed by atoms with Crippen LogP contribution in [0.2, 0.25) is 0 Å². The van der Waals surface area contributed by atoms with Gasteiger partial charge in [0.25, 0.3) is 0 Å². The van der Waals surface area contributed by atoms with E-state index in [-0.39, 0.29) is 0 Å². The van der Waals surface area contributed by atoms with E-state index in [4.69, 9.17) is 4.74 Å². The molecule has 5 heteroatoms. The molecule has 0 unspecified atom stereocenters. The summed E-state index contributed by atoms with van der Waals surface area (Å²) in [6.45, 7) is 5.69. The topological polar surface area (TPSA) is 47.0 Å². The van der Waals surface area contributed by atoms with Gasteiger partial charge in [-0.2, -0.15) is 0 Å². The molecule has 0 saturated heterocycles. The third kappa shape index (κ3) is 5.37. The molecule has 0 aliphatic heterocycles. The second kappa shape index (κ2) is 8.31. The van der Waals surface area contributed by atoms with Crippen LogP contribution in [0.5, 0.6) is 0 Å². The molecule has 1 N–H and O–H groups in total. The molecule has 0 aromatic carbocycles. The molecule has 1 heterocycles. The Kier molecular flexibility index (Phi) is 6.96. The molecule has 0 saturated carbocycles. The molecule has 0 radical (unpaired) electrons. The quantitative estimate of drug-likeness (QED) is 0.571. The van der Waals surface area contributed by atoms with Gasteiger partial charge in [-0.25, -0.2) is 9.97 Å². The number of nitrogens with one attached hydrogen (secondary N) is 1. The number of thioether (sulfide) groups is 1. The van der Waals surface area contributed by atoms with Crippen molar-refractivity contribution < 1.29 is 4.74 Å². The Bertz CT molecular complexity index is 307. The maximum absolute atomic E-state index is 5.08. The van der Waals surface area contributed by atoms with Gasteiger partial charge in [0.1, 0.15) is 17.5 Å². The summed E-state index contributed by atoms with van der Waals surface area (Å²) in [6.07, 6.45) is 2.23. The van der Waals surface area contributed by atoms with E-state index >= 15 is 0 Å². The molecule has 0 spiro atoms. The number of aromatic nitrogens is 2. The largest absolute Gasteiger partial charge is 0.377 e. The van der Waals surface area contributed by atoms with Crippen molar-refractivity contribution in [2.75, 3.05) is 24.7 Å². The minimum Gasteiger partial charge on any atom is -0.377 e. The number of nitrogens with zero attached hydrogens (tertiary/aromatic N) is 2. The first kappa shape index (κ1) is 14.3. The molecular weight excluding hydrogens is 234 g/mol. The smallest absolute Gasteiger partial charge is 0.157 e. The average molecular weight is 255 g/mol. The highest BCUT2D eigenvalue weighted by molar-refractivity contribution is 7.99. The lowest BCUT2D eigenvalue weighted by atomic mass is 10.4. The number of methoxy groups -OCH3 is 1. The zero-order chi connectivity index (χ0) is 12.5. The molecule has 96 valence electrons. The van der Waals surface area contributed by atoms with E-state index in [0.717, 1.165) is 41.8 Å². The van der Waals surface area contributed by atoms with Crippen molar-refractivity contribution in [2.24, 2.45) is 0 Å². The number of ether oxygens (including phenoxy) is 1. The predicted molar refractivity (Wildman–Crippen MR) is 72.5 cm³/mol. The fourth-order valence-electron chi connectivity index (χ4n) is 1.29. The molecule has 0 amide bonds. The van der Waals surface area contributed by atoms with E-state index in [1.54, 1.807) is 18.9 Å². The fraction of sp³-hybridized carbons (Fsp3) is 0.667. The van der Waals surface area contributed by atoms with Gasteiger partial charge in [-0.3, -0.25) is 0 Å². The second-order valence-electron chi connectivity index (χ2n) is 3.72. The molecular formula is C12H21N3OS. The number of rotatable bonds is 8. The molecule has 0 atom stereocenters. The number of anilines is 1. The van der Waals surface area contributed by atoms with Crippen LogP contribution in [-0.2, 0) is 11.3 Å². The molecule has 0 bridgehead atoms. The van der Waals surface area contributed by atoms with E-state index in [0.29, 0.717) is 6.61 Å². The Labute approximate surface area is 108 Å². The summed E-state index contributed by atoms with van der Waals surface area (Å²) in [4.78, 5) is 8.86. The van der Waals surface area contributed by atoms with Gasteiger partial charge in [0.15, 0.2) is 5.82 Å². The normalized spacial score (nSPS) is 10.5. The van der Waals surface area contributed by atoms with Crippen molar-refractivity contribution in [3.05, 3.63) is 11.9 Å². The van der Waals surface area contributed by atoms with Gasteiger partial charge in [-0.05, 0) is 18.6 Å². The van der Waals surface area contributed by atoms with Gasteiger partial charge in [-0.1, -0.05) is 13.8 Å². The number of hydrogen-bond acceptors (Lipinski definition) is 5. The van der Waals surface area contributed by atoms with Crippen LogP contribution in [0, 0.1) is 0 Å². The lowest BCUT2D eigenvalue weighted by Crippen LogP contribution is -2.06. The van der Waals surface area contributed by atoms with E-state index in [1.807, 2.05) is 6.07 Å². The van der Waals surface area contributed by atoms with Gasteiger partial charge in [-0.15, -0.1) is 11.8 Å². The molecule has 1 aromatic heterocycles. The predicted octanol–water partition coefficient (Wildman–Crippen LogP) is 2.95. The molecule has 1 rings (SSSR count). The lowest BCUT2D eigenvalue weighted by Gasteiger charge is -2.08. The van der Waals surface area contributed by atoms with Crippen molar-refractivity contribution in [3.63, 3.8) is 0 Å². The first-order chi connectivity index (χ1) is 8.30. The van der Waals surface area contributed by atoms with Gasteiger partial charge in [0, 0.05) is 19.7 Å². The lowest BCUT2D eigenvalue weighted by molar-refractivity contribution is 0.177. The second-order valence-corrected chi connectivity index (χ2v) is 4.83. The molecule has 4 nitrogen and oxygen atoms in total. The van der Waals surface area contributed by atoms with Crippen molar-refractivity contribution in [1.82, 2.24) is 9.97 Å². The SMILES string of the molecule is CCCNc1cc(SCCC)nc(COC)n1. The summed E-state index contributed by atoms with van der Waals surface area (Å²) in [5.41, 5.74) is 0. The van der Waals surface area contributed by atoms with E-state index < -0.39 is 0 Å². The first-order valence-electron chi connectivity index (χ1n) is 6.03. The van der Waals surface area contributed by atoms with E-state index in [9.17, 15) is 0 Å². The van der Waals surface area contributed by atoms with E-state index in [2.05, 4.69) is 29.1 Å². The maximum atomic E-state index is 5.08. The average Bonchev–Trinajstić information content (AvgIpc) is 2.34. The van der Waals surface area contributed by atoms with Crippen molar-refractivity contribution in [2.45, 2.75) is 38.3 Å². The minimum atomic E-state index is 0.460. The summed E-state index contributed by atoms with van der Waals surface area (Å²) in [7, 11) is 1.66. The van der Waals surface area contributed by atoms with Crippen LogP contribution >= 0.6 is 11.8 Å². The van der Waals surface area contributed by atoms with Crippen LogP contribution in [0.3, 0.4) is 0 Å². The zero-order valence-corrected chi connectivity index (χ0v) is 11.6. The van der Waals surface area contributed by atoms with Crippen molar-refractivity contribution in [3.8, 4) is 0 Å². The Hall–Kier alpha value is -0.810. The van der Waals surface area contributed by atoms with Crippen molar-refractivity contribution in [1.29, 1.82) is 0 Å². The maximum Gasteiger partial charge on any atom is 0.157 e. The Morgan fingerprint density at radius 1 is 1.29 bits per heavy atom. The Balaban J connectivity index is 2.76. The van der Waals surface area contributed by atoms with Gasteiger partial charge < -0.3 is 10.1 Å². The third-order valence-electron chi connectivity index (χ3n) is 2.03. The van der Waals surface area contributed by atoms with E-state index in [1.165, 1.54) is 0 Å². The van der Waals surface area contributed by atoms with Crippen LogP contribution in [0.4, 0.5) is 5.82 Å². The first-order valence-corrected chi connectivity index (χ1v) is 7.02. The summed E-state index contributed by atoms with van der Waals surface area (Å²) >= 11 is 1.76. The number of hydrogen-bond donors (Lipinski definition) is 1. The summed E-state index contributed by atoms with van der Waals surface area (Å²) in [6, 6.07) is 2.01. The fourth-order valence-corrected chi connectivity index (χ4v) is 2.07. The van der Waals surface area contributed by atoms with Crippen LogP contribution in [-0.4, -0.2) is 29.4 Å². The molecule has 0 fully saturated rings. The third-order valence-corrected chi connectivity index (χ3v) is 3.15. The standard InChI is InChI=1S/C12H21N3OS/c1-4-6-13-10-8-12(17-7-5-2)15-11(14-10)9-16-3/h8H,4-7,9H2,1-3H3,(H,13,14,15). The minimum absolute atomic E-state index is 0.460. The molecule has 17 heavy (non-hydrogen) atoms. The Morgan fingerprint density at radius 3 is 2.76 bits per heavy atom. The highest BCUT2D eigenvalue weighted by Gasteiger charge is 2.04. The van der Waals surface area contributed by atoms with Crippen LogP contribution in [0.1, 0.15) is 32.5 Å². The monoisotopic (exact) mass is 255 g/mol. The Morgan fingerprint density at radius 2 is 2.12 bits per heavy atom. The summed E-state index contributed by atoms with van der Waals surface area (Å²) in [5.74, 6) is 2.72. The summed E-state index contributed by atoms with van der Waals surface area (Å²) in [5, 5.41) is 4.31. The van der Waals surface area contributed by atoms with Crippen LogP contribution in [0.15, 0.2) is 11.1 Å². The molecule has 1 aromatic rings. The zero-order valence-electron chi connectivity index (χ0n) is 10.8. The van der Waals surface area contributed by atoms with Gasteiger partial charge in [0.2, 0.25) is 0 Å². The van der Waals surface area contributed by atoms with Crippen molar-refractivity contribution >= 4 is 17.6 Å².